The molecule has 0 unspecified atom stereocenters. The van der Waals surface area contributed by atoms with Gasteiger partial charge in [-0.2, -0.15) is 4.68 Å². The molecule has 1 amide bonds. The van der Waals surface area contributed by atoms with Crippen LogP contribution in [0.2, 0.25) is 5.02 Å². The average Bonchev–Trinajstić information content (AvgIpc) is 3.23. The highest BCUT2D eigenvalue weighted by Crippen LogP contribution is 2.25. The standard InChI is InChI=1S/C21H16ClN5O2/c22-15-11-12-19(18(13-15)21(28)23-16-7-3-1-4-8-16)29-14-20-24-25-26-27(20)17-9-5-2-6-10-17/h1-13H,14H2,(H,23,28). The number of rotatable bonds is 6. The van der Waals surface area contributed by atoms with E-state index in [1.807, 2.05) is 48.5 Å². The highest BCUT2D eigenvalue weighted by molar-refractivity contribution is 6.31. The molecule has 4 aromatic rings. The molecule has 0 radical (unpaired) electrons. The van der Waals surface area contributed by atoms with Crippen molar-refractivity contribution < 1.29 is 9.53 Å². The van der Waals surface area contributed by atoms with E-state index in [4.69, 9.17) is 16.3 Å². The zero-order valence-electron chi connectivity index (χ0n) is 15.2. The summed E-state index contributed by atoms with van der Waals surface area (Å²) in [5.41, 5.74) is 1.81. The molecule has 0 saturated heterocycles. The second-order valence-electron chi connectivity index (χ2n) is 6.09. The summed E-state index contributed by atoms with van der Waals surface area (Å²) in [4.78, 5) is 12.7. The van der Waals surface area contributed by atoms with Crippen LogP contribution in [0.1, 0.15) is 16.2 Å². The van der Waals surface area contributed by atoms with Crippen molar-refractivity contribution in [3.63, 3.8) is 0 Å². The number of halogens is 1. The van der Waals surface area contributed by atoms with E-state index < -0.39 is 0 Å². The number of anilines is 1. The van der Waals surface area contributed by atoms with Crippen LogP contribution in [0.5, 0.6) is 5.75 Å². The number of ether oxygens (including phenoxy) is 1. The summed E-state index contributed by atoms with van der Waals surface area (Å²) in [6.45, 7) is 0.0785. The number of nitrogens with zero attached hydrogens (tertiary/aromatic N) is 4. The lowest BCUT2D eigenvalue weighted by atomic mass is 10.2. The summed E-state index contributed by atoms with van der Waals surface area (Å²) in [5.74, 6) is 0.558. The van der Waals surface area contributed by atoms with E-state index in [-0.39, 0.29) is 12.5 Å². The Balaban J connectivity index is 1.55. The number of amides is 1. The molecule has 1 heterocycles. The quantitative estimate of drug-likeness (QED) is 0.521. The van der Waals surface area contributed by atoms with E-state index in [1.54, 1.807) is 35.0 Å². The van der Waals surface area contributed by atoms with Gasteiger partial charge in [0.1, 0.15) is 12.4 Å². The van der Waals surface area contributed by atoms with Gasteiger partial charge in [0.05, 0.1) is 11.3 Å². The molecule has 3 aromatic carbocycles. The summed E-state index contributed by atoms with van der Waals surface area (Å²) < 4.78 is 7.46. The van der Waals surface area contributed by atoms with Crippen LogP contribution in [-0.4, -0.2) is 26.1 Å². The first-order chi connectivity index (χ1) is 14.2. The number of carbonyl (C=O) groups is 1. The molecule has 0 spiro atoms. The molecule has 0 aliphatic heterocycles. The predicted molar refractivity (Wildman–Crippen MR) is 109 cm³/mol. The Labute approximate surface area is 171 Å². The maximum absolute atomic E-state index is 12.7. The van der Waals surface area contributed by atoms with Crippen LogP contribution in [0.4, 0.5) is 5.69 Å². The van der Waals surface area contributed by atoms with Gasteiger partial charge in [-0.1, -0.05) is 48.0 Å². The molecule has 7 nitrogen and oxygen atoms in total. The van der Waals surface area contributed by atoms with Gasteiger partial charge in [-0.15, -0.1) is 5.10 Å². The average molecular weight is 406 g/mol. The molecule has 0 fully saturated rings. The topological polar surface area (TPSA) is 81.9 Å². The van der Waals surface area contributed by atoms with Crippen LogP contribution in [0.15, 0.2) is 78.9 Å². The minimum absolute atomic E-state index is 0.0785. The number of para-hydroxylation sites is 2. The molecule has 144 valence electrons. The number of nitrogens with one attached hydrogen (secondary N) is 1. The van der Waals surface area contributed by atoms with Crippen molar-refractivity contribution in [3.05, 3.63) is 95.3 Å². The van der Waals surface area contributed by atoms with Gasteiger partial charge in [-0.05, 0) is 52.9 Å². The molecule has 8 heteroatoms. The van der Waals surface area contributed by atoms with Crippen molar-refractivity contribution in [2.75, 3.05) is 5.32 Å². The first-order valence-corrected chi connectivity index (χ1v) is 9.20. The first kappa shape index (κ1) is 18.6. The van der Waals surface area contributed by atoms with Crippen molar-refractivity contribution in [2.45, 2.75) is 6.61 Å². The minimum atomic E-state index is -0.323. The molecule has 0 bridgehead atoms. The Morgan fingerprint density at radius 3 is 2.48 bits per heavy atom. The number of carbonyl (C=O) groups excluding carboxylic acids is 1. The van der Waals surface area contributed by atoms with E-state index >= 15 is 0 Å². The van der Waals surface area contributed by atoms with Crippen LogP contribution in [-0.2, 0) is 6.61 Å². The van der Waals surface area contributed by atoms with Gasteiger partial charge < -0.3 is 10.1 Å². The number of hydrogen-bond acceptors (Lipinski definition) is 5. The van der Waals surface area contributed by atoms with Crippen molar-refractivity contribution in [2.24, 2.45) is 0 Å². The fraction of sp³-hybridized carbons (Fsp3) is 0.0476. The van der Waals surface area contributed by atoms with Crippen LogP contribution >= 0.6 is 11.6 Å². The lowest BCUT2D eigenvalue weighted by Crippen LogP contribution is -2.14. The van der Waals surface area contributed by atoms with Crippen molar-refractivity contribution in [1.82, 2.24) is 20.2 Å². The minimum Gasteiger partial charge on any atom is -0.485 e. The molecule has 0 atom stereocenters. The van der Waals surface area contributed by atoms with Gasteiger partial charge in [0, 0.05) is 10.7 Å². The Hall–Kier alpha value is -3.71. The second-order valence-corrected chi connectivity index (χ2v) is 6.53. The molecule has 0 aliphatic carbocycles. The third-order valence-electron chi connectivity index (χ3n) is 4.11. The van der Waals surface area contributed by atoms with Crippen molar-refractivity contribution in [1.29, 1.82) is 0 Å². The molecule has 0 aliphatic rings. The smallest absolute Gasteiger partial charge is 0.259 e. The fourth-order valence-electron chi connectivity index (χ4n) is 2.73. The number of benzene rings is 3. The monoisotopic (exact) mass is 405 g/mol. The van der Waals surface area contributed by atoms with E-state index in [0.29, 0.717) is 27.8 Å². The summed E-state index contributed by atoms with van der Waals surface area (Å²) in [6.07, 6.45) is 0. The van der Waals surface area contributed by atoms with E-state index in [9.17, 15) is 4.79 Å². The summed E-state index contributed by atoms with van der Waals surface area (Å²) >= 11 is 6.10. The van der Waals surface area contributed by atoms with Crippen LogP contribution < -0.4 is 10.1 Å². The van der Waals surface area contributed by atoms with Crippen LogP contribution in [0.3, 0.4) is 0 Å². The van der Waals surface area contributed by atoms with Gasteiger partial charge in [0.2, 0.25) is 0 Å². The molecular weight excluding hydrogens is 390 g/mol. The highest BCUT2D eigenvalue weighted by Gasteiger charge is 2.16. The molecule has 4 rings (SSSR count). The molecule has 0 saturated carbocycles. The first-order valence-electron chi connectivity index (χ1n) is 8.82. The van der Waals surface area contributed by atoms with Crippen molar-refractivity contribution in [3.8, 4) is 11.4 Å². The number of aromatic nitrogens is 4. The zero-order chi connectivity index (χ0) is 20.1. The summed E-state index contributed by atoms with van der Waals surface area (Å²) in [7, 11) is 0. The Morgan fingerprint density at radius 1 is 1.00 bits per heavy atom. The fourth-order valence-corrected chi connectivity index (χ4v) is 2.91. The van der Waals surface area contributed by atoms with Gasteiger partial charge in [-0.25, -0.2) is 0 Å². The maximum Gasteiger partial charge on any atom is 0.259 e. The number of tetrazole rings is 1. The molecule has 1 aromatic heterocycles. The Kier molecular flexibility index (Phi) is 5.49. The molecular formula is C21H16ClN5O2. The van der Waals surface area contributed by atoms with Gasteiger partial charge >= 0.3 is 0 Å². The van der Waals surface area contributed by atoms with E-state index in [1.165, 1.54) is 0 Å². The van der Waals surface area contributed by atoms with Gasteiger partial charge in [-0.3, -0.25) is 4.79 Å². The normalized spacial score (nSPS) is 10.5. The third kappa shape index (κ3) is 4.41. The maximum atomic E-state index is 12.7. The zero-order valence-corrected chi connectivity index (χ0v) is 16.0. The SMILES string of the molecule is O=C(Nc1ccccc1)c1cc(Cl)ccc1OCc1nnnn1-c1ccccc1. The Bertz CT molecular complexity index is 1120. The largest absolute Gasteiger partial charge is 0.485 e. The van der Waals surface area contributed by atoms with Crippen molar-refractivity contribution >= 4 is 23.2 Å². The lowest BCUT2D eigenvalue weighted by Gasteiger charge is -2.12. The summed E-state index contributed by atoms with van der Waals surface area (Å²) in [5, 5.41) is 15.0. The predicted octanol–water partition coefficient (Wildman–Crippen LogP) is 4.15. The highest BCUT2D eigenvalue weighted by atomic mass is 35.5. The second kappa shape index (κ2) is 8.53. The molecule has 29 heavy (non-hydrogen) atoms. The van der Waals surface area contributed by atoms with Gasteiger partial charge in [0.25, 0.3) is 5.91 Å². The van der Waals surface area contributed by atoms with E-state index in [2.05, 4.69) is 20.8 Å². The number of hydrogen-bond donors (Lipinski definition) is 1. The van der Waals surface area contributed by atoms with Gasteiger partial charge in [0.15, 0.2) is 5.82 Å². The van der Waals surface area contributed by atoms with E-state index in [0.717, 1.165) is 5.69 Å². The molecule has 1 N–H and O–H groups in total. The van der Waals surface area contributed by atoms with Crippen LogP contribution in [0, 0.1) is 0 Å². The lowest BCUT2D eigenvalue weighted by molar-refractivity contribution is 0.102. The summed E-state index contributed by atoms with van der Waals surface area (Å²) in [6, 6.07) is 23.5. The van der Waals surface area contributed by atoms with Crippen LogP contribution in [0.25, 0.3) is 5.69 Å². The Morgan fingerprint density at radius 2 is 1.72 bits per heavy atom. The third-order valence-corrected chi connectivity index (χ3v) is 4.34.